The molecule has 7 heteroatoms. The number of anilines is 1. The molecule has 0 saturated carbocycles. The number of carbonyl (C=O) groups excluding carboxylic acids is 1. The molecule has 4 aromatic rings. The Hall–Kier alpha value is -4.00. The molecule has 1 aliphatic rings. The highest BCUT2D eigenvalue weighted by atomic mass is 16.5. The van der Waals surface area contributed by atoms with Gasteiger partial charge in [0.15, 0.2) is 5.43 Å². The standard InChI is InChI=1S/C24H19N3O4/c1-3-30-16-8-6-15(7-9-16)20-19-21(28)17-13-14(2)5-10-18(17)31-22(19)23(29)27(20)24-25-11-4-12-26-24/h4-13,20H,3H2,1-2H3. The first-order chi connectivity index (χ1) is 15.1. The van der Waals surface area contributed by atoms with E-state index in [9.17, 15) is 9.59 Å². The summed E-state index contributed by atoms with van der Waals surface area (Å²) in [5.74, 6) is 0.490. The predicted octanol–water partition coefficient (Wildman–Crippen LogP) is 4.04. The smallest absolute Gasteiger partial charge is 0.297 e. The molecule has 0 saturated heterocycles. The lowest BCUT2D eigenvalue weighted by molar-refractivity contribution is 0.0969. The Balaban J connectivity index is 1.76. The van der Waals surface area contributed by atoms with Crippen molar-refractivity contribution in [3.63, 3.8) is 0 Å². The van der Waals surface area contributed by atoms with Crippen LogP contribution in [-0.4, -0.2) is 22.5 Å². The maximum Gasteiger partial charge on any atom is 0.297 e. The number of fused-ring (bicyclic) bond motifs is 2. The normalized spacial score (nSPS) is 15.4. The lowest BCUT2D eigenvalue weighted by atomic mass is 9.98. The van der Waals surface area contributed by atoms with E-state index in [1.54, 1.807) is 30.6 Å². The minimum Gasteiger partial charge on any atom is -0.494 e. The summed E-state index contributed by atoms with van der Waals surface area (Å²) in [4.78, 5) is 36.9. The zero-order chi connectivity index (χ0) is 21.5. The van der Waals surface area contributed by atoms with Crippen molar-refractivity contribution in [2.24, 2.45) is 0 Å². The first-order valence-corrected chi connectivity index (χ1v) is 9.99. The molecule has 1 amide bonds. The van der Waals surface area contributed by atoms with Crippen molar-refractivity contribution in [1.82, 2.24) is 9.97 Å². The highest BCUT2D eigenvalue weighted by Crippen LogP contribution is 2.40. The van der Waals surface area contributed by atoms with E-state index in [0.717, 1.165) is 11.1 Å². The van der Waals surface area contributed by atoms with Gasteiger partial charge >= 0.3 is 0 Å². The highest BCUT2D eigenvalue weighted by molar-refractivity contribution is 6.09. The van der Waals surface area contributed by atoms with Crippen LogP contribution in [0.4, 0.5) is 5.95 Å². The molecule has 0 spiro atoms. The number of nitrogens with zero attached hydrogens (tertiary/aromatic N) is 3. The van der Waals surface area contributed by atoms with E-state index < -0.39 is 11.9 Å². The van der Waals surface area contributed by atoms with E-state index in [-0.39, 0.29) is 17.1 Å². The highest BCUT2D eigenvalue weighted by Gasteiger charge is 2.44. The monoisotopic (exact) mass is 413 g/mol. The topological polar surface area (TPSA) is 85.5 Å². The fourth-order valence-electron chi connectivity index (χ4n) is 3.94. The molecular formula is C24H19N3O4. The maximum atomic E-state index is 13.5. The molecule has 1 aliphatic heterocycles. The fraction of sp³-hybridized carbons (Fsp3) is 0.167. The van der Waals surface area contributed by atoms with E-state index in [2.05, 4.69) is 9.97 Å². The number of benzene rings is 2. The van der Waals surface area contributed by atoms with Crippen LogP contribution in [0, 0.1) is 6.92 Å². The molecule has 2 aromatic heterocycles. The number of aromatic nitrogens is 2. The molecule has 5 rings (SSSR count). The van der Waals surface area contributed by atoms with Crippen LogP contribution in [-0.2, 0) is 0 Å². The Bertz CT molecular complexity index is 1350. The molecule has 0 fully saturated rings. The Morgan fingerprint density at radius 2 is 1.81 bits per heavy atom. The van der Waals surface area contributed by atoms with Crippen LogP contribution in [0.15, 0.2) is 70.1 Å². The second-order valence-corrected chi connectivity index (χ2v) is 7.30. The number of hydrogen-bond donors (Lipinski definition) is 0. The Morgan fingerprint density at radius 1 is 1.06 bits per heavy atom. The number of aryl methyl sites for hydroxylation is 1. The van der Waals surface area contributed by atoms with Crippen molar-refractivity contribution >= 4 is 22.8 Å². The second kappa shape index (κ2) is 7.36. The number of ether oxygens (including phenoxy) is 1. The quantitative estimate of drug-likeness (QED) is 0.502. The van der Waals surface area contributed by atoms with Gasteiger partial charge in [0, 0.05) is 12.4 Å². The van der Waals surface area contributed by atoms with Crippen LogP contribution in [0.5, 0.6) is 5.75 Å². The number of rotatable bonds is 4. The Labute approximate surface area is 177 Å². The summed E-state index contributed by atoms with van der Waals surface area (Å²) in [6.07, 6.45) is 3.12. The molecule has 0 bridgehead atoms. The summed E-state index contributed by atoms with van der Waals surface area (Å²) in [5.41, 5.74) is 2.11. The maximum absolute atomic E-state index is 13.5. The molecule has 0 N–H and O–H groups in total. The van der Waals surface area contributed by atoms with Crippen molar-refractivity contribution < 1.29 is 13.9 Å². The van der Waals surface area contributed by atoms with E-state index in [4.69, 9.17) is 9.15 Å². The average molecular weight is 413 g/mol. The number of carbonyl (C=O) groups is 1. The van der Waals surface area contributed by atoms with Gasteiger partial charge in [0.2, 0.25) is 11.7 Å². The zero-order valence-electron chi connectivity index (χ0n) is 17.0. The third kappa shape index (κ3) is 3.06. The molecule has 0 aliphatic carbocycles. The van der Waals surface area contributed by atoms with Crippen LogP contribution >= 0.6 is 0 Å². The summed E-state index contributed by atoms with van der Waals surface area (Å²) < 4.78 is 11.5. The lowest BCUT2D eigenvalue weighted by Gasteiger charge is -2.23. The third-order valence-corrected chi connectivity index (χ3v) is 5.30. The van der Waals surface area contributed by atoms with Crippen molar-refractivity contribution in [3.8, 4) is 5.75 Å². The van der Waals surface area contributed by atoms with Gasteiger partial charge in [0.05, 0.1) is 23.6 Å². The van der Waals surface area contributed by atoms with E-state index in [1.807, 2.05) is 44.2 Å². The molecular weight excluding hydrogens is 394 g/mol. The van der Waals surface area contributed by atoms with Crippen molar-refractivity contribution in [2.45, 2.75) is 19.9 Å². The van der Waals surface area contributed by atoms with Gasteiger partial charge in [-0.3, -0.25) is 14.5 Å². The van der Waals surface area contributed by atoms with Crippen LogP contribution in [0.2, 0.25) is 0 Å². The van der Waals surface area contributed by atoms with Crippen molar-refractivity contribution in [2.75, 3.05) is 11.5 Å². The molecule has 2 aromatic carbocycles. The molecule has 31 heavy (non-hydrogen) atoms. The van der Waals surface area contributed by atoms with Crippen LogP contribution in [0.25, 0.3) is 11.0 Å². The molecule has 0 radical (unpaired) electrons. The van der Waals surface area contributed by atoms with Gasteiger partial charge in [-0.1, -0.05) is 23.8 Å². The number of amides is 1. The van der Waals surface area contributed by atoms with E-state index in [0.29, 0.717) is 28.9 Å². The summed E-state index contributed by atoms with van der Waals surface area (Å²) in [6.45, 7) is 4.36. The Kier molecular flexibility index (Phi) is 4.51. The largest absolute Gasteiger partial charge is 0.494 e. The van der Waals surface area contributed by atoms with E-state index >= 15 is 0 Å². The van der Waals surface area contributed by atoms with Gasteiger partial charge in [-0.25, -0.2) is 9.97 Å². The molecule has 1 atom stereocenters. The Morgan fingerprint density at radius 3 is 2.52 bits per heavy atom. The summed E-state index contributed by atoms with van der Waals surface area (Å²) >= 11 is 0. The van der Waals surface area contributed by atoms with Crippen molar-refractivity contribution in [1.29, 1.82) is 0 Å². The summed E-state index contributed by atoms with van der Waals surface area (Å²) in [6, 6.07) is 13.6. The van der Waals surface area contributed by atoms with Gasteiger partial charge in [-0.2, -0.15) is 0 Å². The SMILES string of the molecule is CCOc1ccc(C2c3c(oc4ccc(C)cc4c3=O)C(=O)N2c2ncccn2)cc1. The number of hydrogen-bond acceptors (Lipinski definition) is 6. The second-order valence-electron chi connectivity index (χ2n) is 7.30. The summed E-state index contributed by atoms with van der Waals surface area (Å²) in [7, 11) is 0. The van der Waals surface area contributed by atoms with Gasteiger partial charge in [0.1, 0.15) is 11.3 Å². The summed E-state index contributed by atoms with van der Waals surface area (Å²) in [5, 5.41) is 0.443. The third-order valence-electron chi connectivity index (χ3n) is 5.30. The molecule has 7 nitrogen and oxygen atoms in total. The van der Waals surface area contributed by atoms with E-state index in [1.165, 1.54) is 4.90 Å². The minimum absolute atomic E-state index is 0.0210. The first kappa shape index (κ1) is 19.0. The zero-order valence-corrected chi connectivity index (χ0v) is 17.0. The predicted molar refractivity (Wildman–Crippen MR) is 116 cm³/mol. The van der Waals surface area contributed by atoms with Crippen molar-refractivity contribution in [3.05, 3.63) is 93.6 Å². The molecule has 3 heterocycles. The lowest BCUT2D eigenvalue weighted by Crippen LogP contribution is -2.31. The molecule has 1 unspecified atom stereocenters. The molecule has 154 valence electrons. The van der Waals surface area contributed by atoms with Gasteiger partial charge in [-0.15, -0.1) is 0 Å². The van der Waals surface area contributed by atoms with Crippen LogP contribution in [0.1, 0.15) is 40.2 Å². The van der Waals surface area contributed by atoms with Gasteiger partial charge in [0.25, 0.3) is 5.91 Å². The average Bonchev–Trinajstić information content (AvgIpc) is 3.08. The fourth-order valence-corrected chi connectivity index (χ4v) is 3.94. The van der Waals surface area contributed by atoms with Gasteiger partial charge in [-0.05, 0) is 49.7 Å². The van der Waals surface area contributed by atoms with Gasteiger partial charge < -0.3 is 9.15 Å². The van der Waals surface area contributed by atoms with Crippen LogP contribution < -0.4 is 15.1 Å². The van der Waals surface area contributed by atoms with Crippen LogP contribution in [0.3, 0.4) is 0 Å². The minimum atomic E-state index is -0.707. The first-order valence-electron chi connectivity index (χ1n) is 9.99.